The summed E-state index contributed by atoms with van der Waals surface area (Å²) in [5, 5.41) is 8.25. The molecule has 0 bridgehead atoms. The highest BCUT2D eigenvalue weighted by molar-refractivity contribution is 5.85. The minimum atomic E-state index is 0. The van der Waals surface area contributed by atoms with Crippen molar-refractivity contribution in [1.29, 1.82) is 0 Å². The Morgan fingerprint density at radius 2 is 1.72 bits per heavy atom. The van der Waals surface area contributed by atoms with Gasteiger partial charge in [0.1, 0.15) is 11.4 Å². The standard InChI is InChI=1S/C13H13N3O.ClH/c1-17-13-9-10(14)7-8-12(13)16-15-11-5-3-2-4-6-11;/h2-9H,14H2,1H3;1H. The molecule has 0 saturated heterocycles. The number of rotatable bonds is 3. The molecule has 0 fully saturated rings. The number of methoxy groups -OCH3 is 1. The van der Waals surface area contributed by atoms with Gasteiger partial charge in [-0.2, -0.15) is 5.11 Å². The summed E-state index contributed by atoms with van der Waals surface area (Å²) < 4.78 is 5.18. The van der Waals surface area contributed by atoms with Crippen LogP contribution in [0.1, 0.15) is 0 Å². The van der Waals surface area contributed by atoms with Crippen LogP contribution in [0.5, 0.6) is 5.75 Å². The Labute approximate surface area is 112 Å². The molecule has 0 aliphatic rings. The lowest BCUT2D eigenvalue weighted by atomic mass is 10.2. The van der Waals surface area contributed by atoms with Crippen molar-refractivity contribution in [3.05, 3.63) is 48.5 Å². The van der Waals surface area contributed by atoms with Gasteiger partial charge in [0, 0.05) is 11.8 Å². The van der Waals surface area contributed by atoms with E-state index in [0.29, 0.717) is 17.1 Å². The fourth-order valence-corrected chi connectivity index (χ4v) is 1.38. The summed E-state index contributed by atoms with van der Waals surface area (Å²) in [6, 6.07) is 14.8. The van der Waals surface area contributed by atoms with Crippen molar-refractivity contribution in [3.63, 3.8) is 0 Å². The molecule has 0 radical (unpaired) electrons. The Morgan fingerprint density at radius 3 is 2.39 bits per heavy atom. The van der Waals surface area contributed by atoms with Crippen molar-refractivity contribution in [2.24, 2.45) is 10.2 Å². The van der Waals surface area contributed by atoms with Gasteiger partial charge in [-0.05, 0) is 24.3 Å². The van der Waals surface area contributed by atoms with E-state index in [1.165, 1.54) is 0 Å². The first-order valence-electron chi connectivity index (χ1n) is 5.20. The molecule has 4 nitrogen and oxygen atoms in total. The van der Waals surface area contributed by atoms with Crippen molar-refractivity contribution in [2.45, 2.75) is 0 Å². The summed E-state index contributed by atoms with van der Waals surface area (Å²) in [5.41, 5.74) is 7.75. The zero-order valence-corrected chi connectivity index (χ0v) is 10.7. The van der Waals surface area contributed by atoms with Crippen LogP contribution < -0.4 is 10.5 Å². The lowest BCUT2D eigenvalue weighted by Crippen LogP contribution is -1.87. The molecular weight excluding hydrogens is 250 g/mol. The van der Waals surface area contributed by atoms with Gasteiger partial charge in [-0.3, -0.25) is 0 Å². The molecule has 5 heteroatoms. The first-order valence-corrected chi connectivity index (χ1v) is 5.20. The number of anilines is 1. The summed E-state index contributed by atoms with van der Waals surface area (Å²) in [6.45, 7) is 0. The lowest BCUT2D eigenvalue weighted by Gasteiger charge is -2.03. The van der Waals surface area contributed by atoms with E-state index in [1.54, 1.807) is 25.3 Å². The van der Waals surface area contributed by atoms with Gasteiger partial charge in [-0.25, -0.2) is 0 Å². The third-order valence-corrected chi connectivity index (χ3v) is 2.23. The number of nitrogens with zero attached hydrogens (tertiary/aromatic N) is 2. The van der Waals surface area contributed by atoms with Gasteiger partial charge < -0.3 is 10.5 Å². The van der Waals surface area contributed by atoms with E-state index in [-0.39, 0.29) is 12.4 Å². The zero-order valence-electron chi connectivity index (χ0n) is 9.91. The molecule has 0 aliphatic carbocycles. The molecule has 0 amide bonds. The van der Waals surface area contributed by atoms with E-state index in [1.807, 2.05) is 30.3 Å². The number of hydrogen-bond donors (Lipinski definition) is 1. The second-order valence-corrected chi connectivity index (χ2v) is 3.47. The molecule has 0 heterocycles. The van der Waals surface area contributed by atoms with Gasteiger partial charge in [0.2, 0.25) is 0 Å². The number of hydrogen-bond acceptors (Lipinski definition) is 4. The van der Waals surface area contributed by atoms with Crippen molar-refractivity contribution >= 4 is 29.5 Å². The smallest absolute Gasteiger partial charge is 0.148 e. The lowest BCUT2D eigenvalue weighted by molar-refractivity contribution is 0.416. The van der Waals surface area contributed by atoms with Crippen LogP contribution in [0.3, 0.4) is 0 Å². The average Bonchev–Trinajstić information content (AvgIpc) is 2.38. The minimum absolute atomic E-state index is 0. The first-order chi connectivity index (χ1) is 8.29. The third kappa shape index (κ3) is 3.46. The highest BCUT2D eigenvalue weighted by atomic mass is 35.5. The van der Waals surface area contributed by atoms with Gasteiger partial charge >= 0.3 is 0 Å². The molecule has 2 rings (SSSR count). The predicted molar refractivity (Wildman–Crippen MR) is 75.3 cm³/mol. The van der Waals surface area contributed by atoms with Crippen LogP contribution in [0.25, 0.3) is 0 Å². The van der Waals surface area contributed by atoms with Crippen molar-refractivity contribution < 1.29 is 4.74 Å². The third-order valence-electron chi connectivity index (χ3n) is 2.23. The highest BCUT2D eigenvalue weighted by Crippen LogP contribution is 2.30. The summed E-state index contributed by atoms with van der Waals surface area (Å²) in [7, 11) is 1.58. The van der Waals surface area contributed by atoms with Gasteiger partial charge in [-0.1, -0.05) is 18.2 Å². The maximum absolute atomic E-state index is 5.66. The van der Waals surface area contributed by atoms with Gasteiger partial charge in [0.25, 0.3) is 0 Å². The second-order valence-electron chi connectivity index (χ2n) is 3.47. The summed E-state index contributed by atoms with van der Waals surface area (Å²) in [5.74, 6) is 0.615. The number of nitrogen functional groups attached to an aromatic ring is 1. The maximum Gasteiger partial charge on any atom is 0.148 e. The molecule has 94 valence electrons. The van der Waals surface area contributed by atoms with Crippen molar-refractivity contribution in [1.82, 2.24) is 0 Å². The van der Waals surface area contributed by atoms with E-state index >= 15 is 0 Å². The van der Waals surface area contributed by atoms with Crippen LogP contribution in [0.2, 0.25) is 0 Å². The Kier molecular flexibility index (Phi) is 5.14. The van der Waals surface area contributed by atoms with E-state index in [4.69, 9.17) is 10.5 Å². The summed E-state index contributed by atoms with van der Waals surface area (Å²) >= 11 is 0. The zero-order chi connectivity index (χ0) is 12.1. The quantitative estimate of drug-likeness (QED) is 0.669. The molecular formula is C13H14ClN3O. The maximum atomic E-state index is 5.66. The molecule has 0 spiro atoms. The Bertz CT molecular complexity index is 529. The van der Waals surface area contributed by atoms with Crippen LogP contribution in [-0.2, 0) is 0 Å². The second kappa shape index (κ2) is 6.61. The normalized spacial score (nSPS) is 10.1. The number of nitrogens with two attached hydrogens (primary N) is 1. The van der Waals surface area contributed by atoms with Crippen LogP contribution in [0.15, 0.2) is 58.8 Å². The Morgan fingerprint density at radius 1 is 1.00 bits per heavy atom. The summed E-state index contributed by atoms with van der Waals surface area (Å²) in [6.07, 6.45) is 0. The molecule has 2 aromatic rings. The van der Waals surface area contributed by atoms with Crippen LogP contribution >= 0.6 is 12.4 Å². The fraction of sp³-hybridized carbons (Fsp3) is 0.0769. The molecule has 0 saturated carbocycles. The largest absolute Gasteiger partial charge is 0.494 e. The Hall–Kier alpha value is -2.07. The van der Waals surface area contributed by atoms with E-state index in [2.05, 4.69) is 10.2 Å². The minimum Gasteiger partial charge on any atom is -0.494 e. The predicted octanol–water partition coefficient (Wildman–Crippen LogP) is 4.11. The van der Waals surface area contributed by atoms with Gasteiger partial charge in [0.15, 0.2) is 0 Å². The fourth-order valence-electron chi connectivity index (χ4n) is 1.38. The number of azo groups is 1. The van der Waals surface area contributed by atoms with Crippen molar-refractivity contribution in [2.75, 3.05) is 12.8 Å². The summed E-state index contributed by atoms with van der Waals surface area (Å²) in [4.78, 5) is 0. The molecule has 2 N–H and O–H groups in total. The molecule has 0 aromatic heterocycles. The number of ether oxygens (including phenoxy) is 1. The van der Waals surface area contributed by atoms with Crippen molar-refractivity contribution in [3.8, 4) is 5.75 Å². The average molecular weight is 264 g/mol. The molecule has 0 atom stereocenters. The highest BCUT2D eigenvalue weighted by Gasteiger charge is 2.01. The number of benzene rings is 2. The van der Waals surface area contributed by atoms with Crippen LogP contribution in [0.4, 0.5) is 17.1 Å². The number of halogens is 1. The van der Waals surface area contributed by atoms with Crippen LogP contribution in [0, 0.1) is 0 Å². The molecule has 18 heavy (non-hydrogen) atoms. The van der Waals surface area contributed by atoms with Gasteiger partial charge in [-0.15, -0.1) is 17.5 Å². The Balaban J connectivity index is 0.00000162. The van der Waals surface area contributed by atoms with E-state index in [0.717, 1.165) is 5.69 Å². The van der Waals surface area contributed by atoms with E-state index in [9.17, 15) is 0 Å². The molecule has 0 unspecified atom stereocenters. The van der Waals surface area contributed by atoms with E-state index < -0.39 is 0 Å². The first kappa shape index (κ1) is 14.0. The topological polar surface area (TPSA) is 60.0 Å². The monoisotopic (exact) mass is 263 g/mol. The van der Waals surface area contributed by atoms with Gasteiger partial charge in [0.05, 0.1) is 12.8 Å². The molecule has 2 aromatic carbocycles. The SMILES string of the molecule is COc1cc(N)ccc1N=Nc1ccccc1.Cl. The van der Waals surface area contributed by atoms with Crippen LogP contribution in [-0.4, -0.2) is 7.11 Å². The molecule has 0 aliphatic heterocycles.